The highest BCUT2D eigenvalue weighted by atomic mass is 16.5. The summed E-state index contributed by atoms with van der Waals surface area (Å²) < 4.78 is 5.37. The number of hydrogen-bond acceptors (Lipinski definition) is 3. The molecule has 0 atom stereocenters. The maximum Gasteiger partial charge on any atom is 0.305 e. The molecule has 0 aliphatic heterocycles. The van der Waals surface area contributed by atoms with Crippen molar-refractivity contribution in [1.29, 1.82) is 0 Å². The fourth-order valence-corrected chi connectivity index (χ4v) is 4.04. The predicted octanol–water partition coefficient (Wildman–Crippen LogP) is 8.30. The van der Waals surface area contributed by atoms with Gasteiger partial charge < -0.3 is 9.64 Å². The van der Waals surface area contributed by atoms with Crippen molar-refractivity contribution in [3.8, 4) is 0 Å². The highest BCUT2D eigenvalue weighted by molar-refractivity contribution is 5.69. The van der Waals surface area contributed by atoms with Gasteiger partial charge in [0.15, 0.2) is 0 Å². The first-order valence-corrected chi connectivity index (χ1v) is 13.6. The van der Waals surface area contributed by atoms with Gasteiger partial charge in [-0.1, -0.05) is 104 Å². The first-order chi connectivity index (χ1) is 14.7. The zero-order valence-corrected chi connectivity index (χ0v) is 21.0. The molecular weight excluding hydrogens is 370 g/mol. The van der Waals surface area contributed by atoms with Gasteiger partial charge in [-0.05, 0) is 51.7 Å². The van der Waals surface area contributed by atoms with Gasteiger partial charge in [0.2, 0.25) is 0 Å². The molecule has 0 aliphatic carbocycles. The lowest BCUT2D eigenvalue weighted by Crippen LogP contribution is -2.27. The van der Waals surface area contributed by atoms with Crippen LogP contribution < -0.4 is 0 Å². The number of ether oxygens (including phenoxy) is 1. The second-order valence-corrected chi connectivity index (χ2v) is 9.12. The van der Waals surface area contributed by atoms with E-state index in [4.69, 9.17) is 4.74 Å². The summed E-state index contributed by atoms with van der Waals surface area (Å²) in [6.07, 6.45) is 23.6. The number of rotatable bonds is 24. The van der Waals surface area contributed by atoms with E-state index in [1.54, 1.807) is 0 Å². The lowest BCUT2D eigenvalue weighted by Gasteiger charge is -2.21. The molecule has 3 nitrogen and oxygen atoms in total. The quantitative estimate of drug-likeness (QED) is 0.115. The Morgan fingerprint density at radius 3 is 1.53 bits per heavy atom. The van der Waals surface area contributed by atoms with Crippen LogP contribution in [-0.2, 0) is 9.53 Å². The van der Waals surface area contributed by atoms with Crippen molar-refractivity contribution in [3.05, 3.63) is 0 Å². The summed E-state index contributed by atoms with van der Waals surface area (Å²) in [5, 5.41) is 0. The Morgan fingerprint density at radius 2 is 1.00 bits per heavy atom. The van der Waals surface area contributed by atoms with Crippen LogP contribution in [0, 0.1) is 0 Å². The summed E-state index contributed by atoms with van der Waals surface area (Å²) in [5.74, 6) is 0.0122. The van der Waals surface area contributed by atoms with E-state index in [9.17, 15) is 4.79 Å². The number of unbranched alkanes of at least 4 members (excludes halogenated alkanes) is 14. The summed E-state index contributed by atoms with van der Waals surface area (Å²) in [6.45, 7) is 11.2. The zero-order chi connectivity index (χ0) is 22.1. The lowest BCUT2D eigenvalue weighted by atomic mass is 10.1. The molecule has 0 unspecified atom stereocenters. The van der Waals surface area contributed by atoms with Gasteiger partial charge in [0.25, 0.3) is 0 Å². The molecule has 0 aromatic heterocycles. The summed E-state index contributed by atoms with van der Waals surface area (Å²) in [6, 6.07) is 0. The van der Waals surface area contributed by atoms with E-state index in [2.05, 4.69) is 25.7 Å². The maximum atomic E-state index is 11.8. The Labute approximate surface area is 189 Å². The smallest absolute Gasteiger partial charge is 0.305 e. The molecule has 0 fully saturated rings. The lowest BCUT2D eigenvalue weighted by molar-refractivity contribution is -0.143. The Balaban J connectivity index is 3.45. The predicted molar refractivity (Wildman–Crippen MR) is 132 cm³/mol. The summed E-state index contributed by atoms with van der Waals surface area (Å²) in [5.41, 5.74) is 0. The molecule has 30 heavy (non-hydrogen) atoms. The zero-order valence-electron chi connectivity index (χ0n) is 21.0. The van der Waals surface area contributed by atoms with Crippen molar-refractivity contribution in [3.63, 3.8) is 0 Å². The first kappa shape index (κ1) is 29.4. The topological polar surface area (TPSA) is 29.5 Å². The normalized spacial score (nSPS) is 11.3. The van der Waals surface area contributed by atoms with Crippen molar-refractivity contribution in [2.75, 3.05) is 26.2 Å². The van der Waals surface area contributed by atoms with Gasteiger partial charge in [-0.25, -0.2) is 0 Å². The molecule has 0 saturated heterocycles. The van der Waals surface area contributed by atoms with Crippen LogP contribution in [0.2, 0.25) is 0 Å². The molecule has 0 rings (SSSR count). The average Bonchev–Trinajstić information content (AvgIpc) is 2.74. The molecule has 0 aromatic carbocycles. The van der Waals surface area contributed by atoms with Crippen LogP contribution in [0.3, 0.4) is 0 Å². The number of carbonyl (C=O) groups excluding carboxylic acids is 1. The van der Waals surface area contributed by atoms with Crippen LogP contribution in [0.5, 0.6) is 0 Å². The molecule has 0 saturated carbocycles. The second kappa shape index (κ2) is 24.7. The van der Waals surface area contributed by atoms with Crippen LogP contribution in [0.1, 0.15) is 143 Å². The van der Waals surface area contributed by atoms with Crippen LogP contribution >= 0.6 is 0 Å². The summed E-state index contributed by atoms with van der Waals surface area (Å²) in [7, 11) is 0. The fraction of sp³-hybridized carbons (Fsp3) is 0.963. The molecule has 0 aromatic rings. The summed E-state index contributed by atoms with van der Waals surface area (Å²) >= 11 is 0. The van der Waals surface area contributed by atoms with Gasteiger partial charge in [0.05, 0.1) is 6.61 Å². The molecular formula is C27H55NO2. The third kappa shape index (κ3) is 22.1. The van der Waals surface area contributed by atoms with Crippen molar-refractivity contribution >= 4 is 5.97 Å². The molecule has 0 heterocycles. The van der Waals surface area contributed by atoms with Gasteiger partial charge >= 0.3 is 5.97 Å². The number of nitrogens with zero attached hydrogens (tertiary/aromatic N) is 1. The third-order valence-electron chi connectivity index (χ3n) is 5.98. The Morgan fingerprint density at radius 1 is 0.533 bits per heavy atom. The van der Waals surface area contributed by atoms with Crippen LogP contribution in [0.25, 0.3) is 0 Å². The van der Waals surface area contributed by atoms with Crippen LogP contribution in [0.15, 0.2) is 0 Å². The van der Waals surface area contributed by atoms with Crippen LogP contribution in [0.4, 0.5) is 0 Å². The van der Waals surface area contributed by atoms with Gasteiger partial charge in [-0.2, -0.15) is 0 Å². The first-order valence-electron chi connectivity index (χ1n) is 13.6. The Hall–Kier alpha value is -0.570. The molecule has 180 valence electrons. The van der Waals surface area contributed by atoms with Crippen molar-refractivity contribution < 1.29 is 9.53 Å². The molecule has 0 bridgehead atoms. The molecule has 0 radical (unpaired) electrons. The maximum absolute atomic E-state index is 11.8. The monoisotopic (exact) mass is 425 g/mol. The second-order valence-electron chi connectivity index (χ2n) is 9.12. The third-order valence-corrected chi connectivity index (χ3v) is 5.98. The van der Waals surface area contributed by atoms with Crippen molar-refractivity contribution in [2.24, 2.45) is 0 Å². The highest BCUT2D eigenvalue weighted by Crippen LogP contribution is 2.10. The molecule has 0 aliphatic rings. The highest BCUT2D eigenvalue weighted by Gasteiger charge is 2.05. The number of carbonyl (C=O) groups is 1. The molecule has 3 heteroatoms. The van der Waals surface area contributed by atoms with Crippen molar-refractivity contribution in [1.82, 2.24) is 4.90 Å². The van der Waals surface area contributed by atoms with Gasteiger partial charge in [0, 0.05) is 6.42 Å². The van der Waals surface area contributed by atoms with E-state index in [1.165, 1.54) is 116 Å². The van der Waals surface area contributed by atoms with E-state index in [0.717, 1.165) is 19.3 Å². The van der Waals surface area contributed by atoms with E-state index in [-0.39, 0.29) is 5.97 Å². The minimum Gasteiger partial charge on any atom is -0.466 e. The number of hydrogen-bond donors (Lipinski definition) is 0. The SMILES string of the molecule is CCCCCCCCCOC(=O)CCCCCCCN(CCC)CCCCCCC. The van der Waals surface area contributed by atoms with Crippen LogP contribution in [-0.4, -0.2) is 37.1 Å². The minimum atomic E-state index is 0.0122. The van der Waals surface area contributed by atoms with E-state index in [0.29, 0.717) is 13.0 Å². The Kier molecular flexibility index (Phi) is 24.2. The van der Waals surface area contributed by atoms with Crippen molar-refractivity contribution in [2.45, 2.75) is 143 Å². The molecule has 0 amide bonds. The summed E-state index contributed by atoms with van der Waals surface area (Å²) in [4.78, 5) is 14.5. The molecule has 0 spiro atoms. The largest absolute Gasteiger partial charge is 0.466 e. The standard InChI is InChI=1S/C27H55NO2/c1-4-7-9-11-12-17-21-26-30-27(29)22-18-14-13-16-20-25-28(23-6-3)24-19-15-10-8-5-2/h4-26H2,1-3H3. The van der Waals surface area contributed by atoms with Gasteiger partial charge in [-0.3, -0.25) is 4.79 Å². The van der Waals surface area contributed by atoms with E-state index < -0.39 is 0 Å². The average molecular weight is 426 g/mol. The number of esters is 1. The molecule has 0 N–H and O–H groups in total. The fourth-order valence-electron chi connectivity index (χ4n) is 4.04. The van der Waals surface area contributed by atoms with Gasteiger partial charge in [0.1, 0.15) is 0 Å². The minimum absolute atomic E-state index is 0.0122. The van der Waals surface area contributed by atoms with E-state index in [1.807, 2.05) is 0 Å². The Bertz CT molecular complexity index is 346. The van der Waals surface area contributed by atoms with Gasteiger partial charge in [-0.15, -0.1) is 0 Å². The van der Waals surface area contributed by atoms with E-state index >= 15 is 0 Å².